The number of benzene rings is 2. The van der Waals surface area contributed by atoms with E-state index < -0.39 is 0 Å². The van der Waals surface area contributed by atoms with Crippen molar-refractivity contribution >= 4 is 39.1 Å². The summed E-state index contributed by atoms with van der Waals surface area (Å²) >= 11 is 7.78. The lowest BCUT2D eigenvalue weighted by atomic mass is 10.0. The zero-order chi connectivity index (χ0) is 18.6. The van der Waals surface area contributed by atoms with Crippen molar-refractivity contribution in [3.8, 4) is 0 Å². The van der Waals surface area contributed by atoms with Crippen molar-refractivity contribution in [3.63, 3.8) is 0 Å². The molecule has 3 aromatic rings. The molecule has 1 aliphatic rings. The summed E-state index contributed by atoms with van der Waals surface area (Å²) in [6.07, 6.45) is 3.46. The highest BCUT2D eigenvalue weighted by Gasteiger charge is 2.31. The second-order valence-corrected chi connectivity index (χ2v) is 8.56. The van der Waals surface area contributed by atoms with Crippen LogP contribution in [0.4, 0.5) is 0 Å². The van der Waals surface area contributed by atoms with Crippen molar-refractivity contribution in [2.24, 2.45) is 0 Å². The number of fused-ring (bicyclic) bond motifs is 1. The van der Waals surface area contributed by atoms with Gasteiger partial charge in [0.1, 0.15) is 6.04 Å². The van der Waals surface area contributed by atoms with Gasteiger partial charge in [0.15, 0.2) is 11.6 Å². The van der Waals surface area contributed by atoms with E-state index in [1.54, 1.807) is 11.3 Å². The molecule has 2 atom stereocenters. The van der Waals surface area contributed by atoms with Gasteiger partial charge in [0.25, 0.3) is 5.91 Å². The molecule has 2 N–H and O–H groups in total. The Bertz CT molecular complexity index is 909. The minimum absolute atomic E-state index is 0.0815. The van der Waals surface area contributed by atoms with Crippen LogP contribution in [0.2, 0.25) is 5.02 Å². The first-order valence-corrected chi connectivity index (χ1v) is 10.6. The molecule has 2 heterocycles. The van der Waals surface area contributed by atoms with Gasteiger partial charge in [-0.1, -0.05) is 35.9 Å². The smallest absolute Gasteiger partial charge is 0.275 e. The van der Waals surface area contributed by atoms with E-state index in [0.29, 0.717) is 24.2 Å². The third kappa shape index (κ3) is 4.49. The SMILES string of the molecule is O=C(C[NH+]1CCCC[C@H]1c1nc2ccccc2s1)NCc1cccc(Cl)c1. The summed E-state index contributed by atoms with van der Waals surface area (Å²) in [6, 6.07) is 16.2. The Hall–Kier alpha value is -1.95. The molecule has 0 aliphatic carbocycles. The zero-order valence-corrected chi connectivity index (χ0v) is 16.7. The van der Waals surface area contributed by atoms with Crippen molar-refractivity contribution in [1.82, 2.24) is 10.3 Å². The molecule has 1 aliphatic heterocycles. The molecule has 0 bridgehead atoms. The number of amides is 1. The molecular formula is C21H23ClN3OS+. The van der Waals surface area contributed by atoms with Gasteiger partial charge >= 0.3 is 0 Å². The number of hydrogen-bond donors (Lipinski definition) is 2. The van der Waals surface area contributed by atoms with Crippen molar-refractivity contribution in [3.05, 3.63) is 64.1 Å². The van der Waals surface area contributed by atoms with Crippen LogP contribution in [0, 0.1) is 0 Å². The number of piperidine rings is 1. The van der Waals surface area contributed by atoms with E-state index in [1.807, 2.05) is 30.3 Å². The molecule has 1 amide bonds. The fraction of sp³-hybridized carbons (Fsp3) is 0.333. The Morgan fingerprint density at radius 3 is 2.96 bits per heavy atom. The standard InChI is InChI=1S/C21H22ClN3OS/c22-16-7-5-6-15(12-16)13-23-20(26)14-25-11-4-3-9-18(25)21-24-17-8-1-2-10-19(17)27-21/h1-2,5-8,10,12,18H,3-4,9,11,13-14H2,(H,23,26)/p+1/t18-/m0/s1. The maximum Gasteiger partial charge on any atom is 0.275 e. The van der Waals surface area contributed by atoms with Crippen LogP contribution < -0.4 is 10.2 Å². The number of nitrogens with one attached hydrogen (secondary N) is 2. The first-order valence-electron chi connectivity index (χ1n) is 9.40. The number of likely N-dealkylation sites (tertiary alicyclic amines) is 1. The summed E-state index contributed by atoms with van der Waals surface area (Å²) in [7, 11) is 0. The topological polar surface area (TPSA) is 46.4 Å². The second-order valence-electron chi connectivity index (χ2n) is 7.06. The number of carbonyl (C=O) groups is 1. The van der Waals surface area contributed by atoms with E-state index in [0.717, 1.165) is 35.5 Å². The Balaban J connectivity index is 1.42. The van der Waals surface area contributed by atoms with Crippen LogP contribution in [0.25, 0.3) is 10.2 Å². The minimum atomic E-state index is 0.0815. The molecule has 1 aromatic heterocycles. The number of rotatable bonds is 5. The number of thiazole rings is 1. The van der Waals surface area contributed by atoms with E-state index in [-0.39, 0.29) is 5.91 Å². The van der Waals surface area contributed by atoms with E-state index in [2.05, 4.69) is 23.5 Å². The van der Waals surface area contributed by atoms with Gasteiger partial charge < -0.3 is 10.2 Å². The third-order valence-electron chi connectivity index (χ3n) is 5.11. The van der Waals surface area contributed by atoms with Crippen LogP contribution in [-0.2, 0) is 11.3 Å². The number of quaternary nitrogens is 1. The molecule has 1 fully saturated rings. The van der Waals surface area contributed by atoms with Crippen molar-refractivity contribution in [2.45, 2.75) is 31.8 Å². The van der Waals surface area contributed by atoms with E-state index >= 15 is 0 Å². The number of aromatic nitrogens is 1. The molecule has 0 spiro atoms. The van der Waals surface area contributed by atoms with Gasteiger partial charge in [-0.2, -0.15) is 0 Å². The molecule has 27 heavy (non-hydrogen) atoms. The van der Waals surface area contributed by atoms with Gasteiger partial charge in [0, 0.05) is 18.0 Å². The van der Waals surface area contributed by atoms with Crippen LogP contribution in [0.5, 0.6) is 0 Å². The molecule has 4 nitrogen and oxygen atoms in total. The Morgan fingerprint density at radius 2 is 2.11 bits per heavy atom. The summed E-state index contributed by atoms with van der Waals surface area (Å²) < 4.78 is 1.22. The van der Waals surface area contributed by atoms with Gasteiger partial charge in [-0.25, -0.2) is 4.98 Å². The first-order chi connectivity index (χ1) is 13.2. The molecular weight excluding hydrogens is 378 g/mol. The lowest BCUT2D eigenvalue weighted by molar-refractivity contribution is -0.929. The van der Waals surface area contributed by atoms with Gasteiger partial charge in [-0.05, 0) is 42.7 Å². The summed E-state index contributed by atoms with van der Waals surface area (Å²) in [6.45, 7) is 2.02. The third-order valence-corrected chi connectivity index (χ3v) is 6.49. The normalized spacial score (nSPS) is 19.9. The second kappa shape index (κ2) is 8.38. The lowest BCUT2D eigenvalue weighted by Gasteiger charge is -2.30. The average molecular weight is 401 g/mol. The molecule has 1 saturated heterocycles. The molecule has 2 aromatic carbocycles. The van der Waals surface area contributed by atoms with E-state index in [9.17, 15) is 4.79 Å². The predicted molar refractivity (Wildman–Crippen MR) is 110 cm³/mol. The van der Waals surface area contributed by atoms with Crippen LogP contribution in [0.15, 0.2) is 48.5 Å². The quantitative estimate of drug-likeness (QED) is 0.689. The molecule has 6 heteroatoms. The van der Waals surface area contributed by atoms with Crippen LogP contribution in [0.1, 0.15) is 35.9 Å². The van der Waals surface area contributed by atoms with Gasteiger partial charge in [0.2, 0.25) is 0 Å². The molecule has 0 radical (unpaired) electrons. The maximum absolute atomic E-state index is 12.5. The van der Waals surface area contributed by atoms with Gasteiger partial charge in [-0.15, -0.1) is 11.3 Å². The number of hydrogen-bond acceptors (Lipinski definition) is 3. The monoisotopic (exact) mass is 400 g/mol. The van der Waals surface area contributed by atoms with E-state index in [1.165, 1.54) is 16.0 Å². The predicted octanol–water partition coefficient (Wildman–Crippen LogP) is 3.38. The first kappa shape index (κ1) is 18.4. The Morgan fingerprint density at radius 1 is 1.22 bits per heavy atom. The van der Waals surface area contributed by atoms with Gasteiger partial charge in [0.05, 0.1) is 16.8 Å². The fourth-order valence-electron chi connectivity index (χ4n) is 3.74. The highest BCUT2D eigenvalue weighted by atomic mass is 35.5. The molecule has 0 saturated carbocycles. The fourth-order valence-corrected chi connectivity index (χ4v) is 5.12. The van der Waals surface area contributed by atoms with Crippen molar-refractivity contribution < 1.29 is 9.69 Å². The molecule has 1 unspecified atom stereocenters. The van der Waals surface area contributed by atoms with Crippen molar-refractivity contribution in [2.75, 3.05) is 13.1 Å². The molecule has 4 rings (SSSR count). The Labute approximate surface area is 168 Å². The lowest BCUT2D eigenvalue weighted by Crippen LogP contribution is -3.14. The largest absolute Gasteiger partial charge is 0.347 e. The number of halogens is 1. The van der Waals surface area contributed by atoms with Crippen LogP contribution >= 0.6 is 22.9 Å². The van der Waals surface area contributed by atoms with Crippen LogP contribution in [-0.4, -0.2) is 24.0 Å². The summed E-state index contributed by atoms with van der Waals surface area (Å²) in [5.41, 5.74) is 2.08. The summed E-state index contributed by atoms with van der Waals surface area (Å²) in [4.78, 5) is 18.7. The average Bonchev–Trinajstić information content (AvgIpc) is 3.11. The number of carbonyl (C=O) groups excluding carboxylic acids is 1. The van der Waals surface area contributed by atoms with Gasteiger partial charge in [-0.3, -0.25) is 4.79 Å². The zero-order valence-electron chi connectivity index (χ0n) is 15.1. The highest BCUT2D eigenvalue weighted by Crippen LogP contribution is 2.28. The maximum atomic E-state index is 12.5. The highest BCUT2D eigenvalue weighted by molar-refractivity contribution is 7.18. The summed E-state index contributed by atoms with van der Waals surface area (Å²) in [5, 5.41) is 4.89. The summed E-state index contributed by atoms with van der Waals surface area (Å²) in [5.74, 6) is 0.0815. The Kier molecular flexibility index (Phi) is 5.72. The molecule has 140 valence electrons. The van der Waals surface area contributed by atoms with Crippen molar-refractivity contribution in [1.29, 1.82) is 0 Å². The number of para-hydroxylation sites is 1. The van der Waals surface area contributed by atoms with E-state index in [4.69, 9.17) is 16.6 Å². The van der Waals surface area contributed by atoms with Crippen LogP contribution in [0.3, 0.4) is 0 Å². The minimum Gasteiger partial charge on any atom is -0.347 e. The number of nitrogens with zero attached hydrogens (tertiary/aromatic N) is 1.